The number of benzene rings is 1. The molecule has 1 amide bonds. The molecule has 0 atom stereocenters. The van der Waals surface area contributed by atoms with Crippen molar-refractivity contribution in [1.82, 2.24) is 14.8 Å². The fraction of sp³-hybridized carbons (Fsp3) is 0.368. The number of hydrogen-bond acceptors (Lipinski definition) is 4. The molecule has 0 spiro atoms. The van der Waals surface area contributed by atoms with Crippen LogP contribution in [0.4, 0.5) is 10.1 Å². The van der Waals surface area contributed by atoms with Gasteiger partial charge in [-0.3, -0.25) is 19.6 Å². The Kier molecular flexibility index (Phi) is 5.73. The molecule has 132 valence electrons. The molecule has 1 saturated heterocycles. The first kappa shape index (κ1) is 17.5. The van der Waals surface area contributed by atoms with Gasteiger partial charge in [0.15, 0.2) is 0 Å². The summed E-state index contributed by atoms with van der Waals surface area (Å²) in [5, 5.41) is 2.80. The molecule has 0 aliphatic carbocycles. The molecule has 1 N–H and O–H groups in total. The van der Waals surface area contributed by atoms with Crippen molar-refractivity contribution in [2.45, 2.75) is 13.5 Å². The van der Waals surface area contributed by atoms with Crippen LogP contribution in [0.5, 0.6) is 0 Å². The fourth-order valence-electron chi connectivity index (χ4n) is 2.96. The maximum Gasteiger partial charge on any atom is 0.238 e. The smallest absolute Gasteiger partial charge is 0.238 e. The second kappa shape index (κ2) is 8.18. The van der Waals surface area contributed by atoms with Gasteiger partial charge in [-0.1, -0.05) is 6.07 Å². The summed E-state index contributed by atoms with van der Waals surface area (Å²) < 4.78 is 12.9. The maximum atomic E-state index is 12.9. The predicted octanol–water partition coefficient (Wildman–Crippen LogP) is 2.29. The summed E-state index contributed by atoms with van der Waals surface area (Å²) in [6.07, 6.45) is 0. The number of halogens is 1. The van der Waals surface area contributed by atoms with Gasteiger partial charge in [-0.15, -0.1) is 0 Å². The van der Waals surface area contributed by atoms with Crippen LogP contribution in [0.1, 0.15) is 11.4 Å². The number of hydrogen-bond donors (Lipinski definition) is 1. The van der Waals surface area contributed by atoms with Crippen molar-refractivity contribution in [3.63, 3.8) is 0 Å². The molecule has 0 saturated carbocycles. The molecular formula is C19H23FN4O. The third-order valence-corrected chi connectivity index (χ3v) is 4.29. The largest absolute Gasteiger partial charge is 0.325 e. The molecule has 5 nitrogen and oxygen atoms in total. The minimum absolute atomic E-state index is 0.0691. The molecule has 0 unspecified atom stereocenters. The van der Waals surface area contributed by atoms with E-state index in [2.05, 4.69) is 26.2 Å². The third kappa shape index (κ3) is 5.34. The van der Waals surface area contributed by atoms with Gasteiger partial charge in [-0.25, -0.2) is 4.39 Å². The molecule has 1 aromatic carbocycles. The number of carbonyl (C=O) groups is 1. The number of aromatic nitrogens is 1. The van der Waals surface area contributed by atoms with E-state index in [1.165, 1.54) is 12.1 Å². The second-order valence-electron chi connectivity index (χ2n) is 6.38. The van der Waals surface area contributed by atoms with E-state index in [-0.39, 0.29) is 11.7 Å². The number of nitrogens with one attached hydrogen (secondary N) is 1. The molecular weight excluding hydrogens is 319 g/mol. The Balaban J connectivity index is 1.42. The molecule has 6 heteroatoms. The third-order valence-electron chi connectivity index (χ3n) is 4.29. The highest BCUT2D eigenvalue weighted by Crippen LogP contribution is 2.10. The molecule has 25 heavy (non-hydrogen) atoms. The minimum atomic E-state index is -0.308. The van der Waals surface area contributed by atoms with Crippen LogP contribution < -0.4 is 5.32 Å². The monoisotopic (exact) mass is 342 g/mol. The van der Waals surface area contributed by atoms with E-state index in [1.807, 2.05) is 19.1 Å². The van der Waals surface area contributed by atoms with Gasteiger partial charge in [0.05, 0.1) is 12.2 Å². The molecule has 1 fully saturated rings. The van der Waals surface area contributed by atoms with Gasteiger partial charge in [0.25, 0.3) is 0 Å². The van der Waals surface area contributed by atoms with Gasteiger partial charge in [0.2, 0.25) is 5.91 Å². The first-order valence-corrected chi connectivity index (χ1v) is 8.51. The van der Waals surface area contributed by atoms with E-state index in [0.717, 1.165) is 44.1 Å². The van der Waals surface area contributed by atoms with Gasteiger partial charge < -0.3 is 5.32 Å². The van der Waals surface area contributed by atoms with E-state index in [1.54, 1.807) is 12.1 Å². The van der Waals surface area contributed by atoms with Gasteiger partial charge >= 0.3 is 0 Å². The lowest BCUT2D eigenvalue weighted by Crippen LogP contribution is -2.48. The van der Waals surface area contributed by atoms with Crippen LogP contribution in [0.3, 0.4) is 0 Å². The average molecular weight is 342 g/mol. The first-order chi connectivity index (χ1) is 12.1. The van der Waals surface area contributed by atoms with Gasteiger partial charge in [-0.2, -0.15) is 0 Å². The summed E-state index contributed by atoms with van der Waals surface area (Å²) in [4.78, 5) is 21.1. The number of carbonyl (C=O) groups excluding carboxylic acids is 1. The zero-order chi connectivity index (χ0) is 17.6. The number of nitrogens with zero attached hydrogens (tertiary/aromatic N) is 3. The highest BCUT2D eigenvalue weighted by Gasteiger charge is 2.19. The number of aryl methyl sites for hydroxylation is 1. The van der Waals surface area contributed by atoms with Crippen molar-refractivity contribution in [2.75, 3.05) is 38.0 Å². The topological polar surface area (TPSA) is 48.5 Å². The lowest BCUT2D eigenvalue weighted by atomic mass is 10.2. The van der Waals surface area contributed by atoms with Gasteiger partial charge in [0.1, 0.15) is 5.82 Å². The number of rotatable bonds is 5. The number of amides is 1. The molecule has 1 aromatic heterocycles. The average Bonchev–Trinajstić information content (AvgIpc) is 2.59. The summed E-state index contributed by atoms with van der Waals surface area (Å²) in [6.45, 7) is 6.73. The van der Waals surface area contributed by atoms with Crippen LogP contribution in [0.2, 0.25) is 0 Å². The number of anilines is 1. The van der Waals surface area contributed by atoms with E-state index in [0.29, 0.717) is 12.2 Å². The quantitative estimate of drug-likeness (QED) is 0.906. The molecule has 2 aromatic rings. The highest BCUT2D eigenvalue weighted by molar-refractivity contribution is 5.92. The van der Waals surface area contributed by atoms with Crippen LogP contribution >= 0.6 is 0 Å². The molecule has 1 aliphatic rings. The minimum Gasteiger partial charge on any atom is -0.325 e. The first-order valence-electron chi connectivity index (χ1n) is 8.51. The van der Waals surface area contributed by atoms with Crippen molar-refractivity contribution >= 4 is 11.6 Å². The Hall–Kier alpha value is -2.31. The number of piperazine rings is 1. The summed E-state index contributed by atoms with van der Waals surface area (Å²) in [5.74, 6) is -0.377. The van der Waals surface area contributed by atoms with Gasteiger partial charge in [0, 0.05) is 44.1 Å². The Labute approximate surface area is 147 Å². The predicted molar refractivity (Wildman–Crippen MR) is 95.7 cm³/mol. The van der Waals surface area contributed by atoms with Crippen molar-refractivity contribution in [3.8, 4) is 0 Å². The lowest BCUT2D eigenvalue weighted by molar-refractivity contribution is -0.117. The van der Waals surface area contributed by atoms with E-state index < -0.39 is 0 Å². The highest BCUT2D eigenvalue weighted by atomic mass is 19.1. The van der Waals surface area contributed by atoms with Crippen LogP contribution in [-0.4, -0.2) is 53.4 Å². The molecule has 0 radical (unpaired) electrons. The molecule has 0 bridgehead atoms. The standard InChI is InChI=1S/C19H23FN4O/c1-15-3-2-4-18(21-15)13-23-9-11-24(12-10-23)14-19(25)22-17-7-5-16(20)6-8-17/h2-8H,9-14H2,1H3,(H,22,25). The summed E-state index contributed by atoms with van der Waals surface area (Å²) in [5.41, 5.74) is 2.74. The molecule has 1 aliphatic heterocycles. The Morgan fingerprint density at radius 3 is 2.44 bits per heavy atom. The number of pyridine rings is 1. The Morgan fingerprint density at radius 1 is 1.08 bits per heavy atom. The van der Waals surface area contributed by atoms with Crippen LogP contribution in [0.25, 0.3) is 0 Å². The zero-order valence-corrected chi connectivity index (χ0v) is 14.4. The summed E-state index contributed by atoms with van der Waals surface area (Å²) >= 11 is 0. The normalized spacial score (nSPS) is 15.9. The van der Waals surface area contributed by atoms with E-state index in [4.69, 9.17) is 0 Å². The summed E-state index contributed by atoms with van der Waals surface area (Å²) in [7, 11) is 0. The van der Waals surface area contributed by atoms with Crippen LogP contribution in [0.15, 0.2) is 42.5 Å². The van der Waals surface area contributed by atoms with E-state index >= 15 is 0 Å². The Bertz CT molecular complexity index is 712. The van der Waals surface area contributed by atoms with Crippen molar-refractivity contribution in [3.05, 3.63) is 59.7 Å². The fourth-order valence-corrected chi connectivity index (χ4v) is 2.96. The lowest BCUT2D eigenvalue weighted by Gasteiger charge is -2.34. The zero-order valence-electron chi connectivity index (χ0n) is 14.4. The van der Waals surface area contributed by atoms with Gasteiger partial charge in [-0.05, 0) is 43.3 Å². The molecule has 2 heterocycles. The van der Waals surface area contributed by atoms with Crippen LogP contribution in [0, 0.1) is 12.7 Å². The van der Waals surface area contributed by atoms with E-state index in [9.17, 15) is 9.18 Å². The maximum absolute atomic E-state index is 12.9. The van der Waals surface area contributed by atoms with Crippen molar-refractivity contribution < 1.29 is 9.18 Å². The Morgan fingerprint density at radius 2 is 1.76 bits per heavy atom. The molecule has 3 rings (SSSR count). The second-order valence-corrected chi connectivity index (χ2v) is 6.38. The SMILES string of the molecule is Cc1cccc(CN2CCN(CC(=O)Nc3ccc(F)cc3)CC2)n1. The summed E-state index contributed by atoms with van der Waals surface area (Å²) in [6, 6.07) is 11.9. The van der Waals surface area contributed by atoms with Crippen molar-refractivity contribution in [2.24, 2.45) is 0 Å². The van der Waals surface area contributed by atoms with Crippen molar-refractivity contribution in [1.29, 1.82) is 0 Å². The van der Waals surface area contributed by atoms with Crippen LogP contribution in [-0.2, 0) is 11.3 Å².